The average Bonchev–Trinajstić information content (AvgIpc) is 3.12. The maximum Gasteiger partial charge on any atom is 0.203 e. The van der Waals surface area contributed by atoms with Crippen LogP contribution in [0.2, 0.25) is 10.0 Å². The van der Waals surface area contributed by atoms with Gasteiger partial charge in [-0.1, -0.05) is 35.3 Å². The number of nitrogens with one attached hydrogen (secondary N) is 1. The predicted octanol–water partition coefficient (Wildman–Crippen LogP) is 6.41. The zero-order valence-corrected chi connectivity index (χ0v) is 17.4. The van der Waals surface area contributed by atoms with Crippen LogP contribution in [0.5, 0.6) is 0 Å². The SMILES string of the molecule is CCN(CC)c1ccc(/C=N\Nc2nc(-c3ccc(Cl)cc3Cl)cs2)cc1. The average molecular weight is 419 g/mol. The van der Waals surface area contributed by atoms with E-state index in [4.69, 9.17) is 23.2 Å². The number of hydrogen-bond donors (Lipinski definition) is 1. The Balaban J connectivity index is 1.64. The second-order valence-corrected chi connectivity index (χ2v) is 7.50. The molecule has 27 heavy (non-hydrogen) atoms. The lowest BCUT2D eigenvalue weighted by atomic mass is 10.2. The van der Waals surface area contributed by atoms with Crippen molar-refractivity contribution in [1.82, 2.24) is 4.98 Å². The Morgan fingerprint density at radius 1 is 1.11 bits per heavy atom. The molecule has 0 aliphatic carbocycles. The molecule has 4 nitrogen and oxygen atoms in total. The number of thiazole rings is 1. The zero-order valence-electron chi connectivity index (χ0n) is 15.1. The van der Waals surface area contributed by atoms with E-state index in [2.05, 4.69) is 58.5 Å². The highest BCUT2D eigenvalue weighted by molar-refractivity contribution is 7.14. The predicted molar refractivity (Wildman–Crippen MR) is 119 cm³/mol. The molecule has 2 aromatic carbocycles. The second-order valence-electron chi connectivity index (χ2n) is 5.80. The van der Waals surface area contributed by atoms with Gasteiger partial charge in [0.05, 0.1) is 16.9 Å². The summed E-state index contributed by atoms with van der Waals surface area (Å²) in [7, 11) is 0. The van der Waals surface area contributed by atoms with Gasteiger partial charge in [-0.2, -0.15) is 5.10 Å². The minimum absolute atomic E-state index is 0.580. The van der Waals surface area contributed by atoms with Crippen molar-refractivity contribution in [3.8, 4) is 11.3 Å². The van der Waals surface area contributed by atoms with Crippen molar-refractivity contribution in [2.45, 2.75) is 13.8 Å². The molecular formula is C20H20Cl2N4S. The fourth-order valence-corrected chi connectivity index (χ4v) is 3.83. The van der Waals surface area contributed by atoms with E-state index < -0.39 is 0 Å². The monoisotopic (exact) mass is 418 g/mol. The molecule has 0 aliphatic rings. The van der Waals surface area contributed by atoms with Crippen LogP contribution in [0.15, 0.2) is 52.9 Å². The number of hydrazone groups is 1. The molecule has 1 aromatic heterocycles. The first-order chi connectivity index (χ1) is 13.1. The summed E-state index contributed by atoms with van der Waals surface area (Å²) in [6, 6.07) is 13.7. The Kier molecular flexibility index (Phi) is 6.72. The van der Waals surface area contributed by atoms with Crippen LogP contribution in [0.3, 0.4) is 0 Å². The Morgan fingerprint density at radius 2 is 1.85 bits per heavy atom. The van der Waals surface area contributed by atoms with Gasteiger partial charge in [-0.25, -0.2) is 4.98 Å². The van der Waals surface area contributed by atoms with Crippen molar-refractivity contribution < 1.29 is 0 Å². The molecular weight excluding hydrogens is 399 g/mol. The summed E-state index contributed by atoms with van der Waals surface area (Å²) in [5.41, 5.74) is 6.86. The van der Waals surface area contributed by atoms with Gasteiger partial charge in [0.2, 0.25) is 5.13 Å². The molecule has 3 rings (SSSR count). The summed E-state index contributed by atoms with van der Waals surface area (Å²) in [6.45, 7) is 6.30. The summed E-state index contributed by atoms with van der Waals surface area (Å²) in [6.07, 6.45) is 1.78. The Labute approximate surface area is 173 Å². The fourth-order valence-electron chi connectivity index (χ4n) is 2.67. The van der Waals surface area contributed by atoms with E-state index >= 15 is 0 Å². The maximum absolute atomic E-state index is 6.24. The van der Waals surface area contributed by atoms with E-state index in [1.807, 2.05) is 11.4 Å². The van der Waals surface area contributed by atoms with Gasteiger partial charge in [0, 0.05) is 34.7 Å². The molecule has 0 saturated heterocycles. The molecule has 140 valence electrons. The van der Waals surface area contributed by atoms with Gasteiger partial charge in [-0.15, -0.1) is 11.3 Å². The first-order valence-electron chi connectivity index (χ1n) is 8.65. The third-order valence-electron chi connectivity index (χ3n) is 4.11. The summed E-state index contributed by atoms with van der Waals surface area (Å²) < 4.78 is 0. The second kappa shape index (κ2) is 9.22. The molecule has 0 spiro atoms. The number of nitrogens with zero attached hydrogens (tertiary/aromatic N) is 3. The summed E-state index contributed by atoms with van der Waals surface area (Å²) in [5, 5.41) is 8.10. The van der Waals surface area contributed by atoms with Gasteiger partial charge in [0.25, 0.3) is 0 Å². The normalized spacial score (nSPS) is 11.1. The molecule has 0 atom stereocenters. The van der Waals surface area contributed by atoms with Crippen LogP contribution in [0.4, 0.5) is 10.8 Å². The summed E-state index contributed by atoms with van der Waals surface area (Å²) in [4.78, 5) is 6.82. The van der Waals surface area contributed by atoms with Crippen LogP contribution in [0.25, 0.3) is 11.3 Å². The number of benzene rings is 2. The van der Waals surface area contributed by atoms with Crippen LogP contribution < -0.4 is 10.3 Å². The lowest BCUT2D eigenvalue weighted by Crippen LogP contribution is -2.21. The third kappa shape index (κ3) is 5.01. The third-order valence-corrected chi connectivity index (χ3v) is 5.40. The highest BCUT2D eigenvalue weighted by Gasteiger charge is 2.08. The van der Waals surface area contributed by atoms with Gasteiger partial charge in [-0.05, 0) is 49.7 Å². The van der Waals surface area contributed by atoms with Crippen LogP contribution in [0.1, 0.15) is 19.4 Å². The molecule has 0 fully saturated rings. The highest BCUT2D eigenvalue weighted by Crippen LogP contribution is 2.32. The minimum Gasteiger partial charge on any atom is -0.372 e. The van der Waals surface area contributed by atoms with E-state index in [1.54, 1.807) is 18.3 Å². The molecule has 0 unspecified atom stereocenters. The largest absolute Gasteiger partial charge is 0.372 e. The van der Waals surface area contributed by atoms with Gasteiger partial charge in [0.15, 0.2) is 0 Å². The first kappa shape index (κ1) is 19.7. The summed E-state index contributed by atoms with van der Waals surface area (Å²) >= 11 is 13.7. The molecule has 1 N–H and O–H groups in total. The minimum atomic E-state index is 0.580. The topological polar surface area (TPSA) is 40.5 Å². The number of rotatable bonds is 7. The van der Waals surface area contributed by atoms with E-state index in [0.29, 0.717) is 15.2 Å². The van der Waals surface area contributed by atoms with Crippen molar-refractivity contribution in [3.63, 3.8) is 0 Å². The summed E-state index contributed by atoms with van der Waals surface area (Å²) in [5.74, 6) is 0. The quantitative estimate of drug-likeness (QED) is 0.355. The lowest BCUT2D eigenvalue weighted by molar-refractivity contribution is 0.866. The number of aromatic nitrogens is 1. The molecule has 1 heterocycles. The Hall–Kier alpha value is -2.08. The Morgan fingerprint density at radius 3 is 2.52 bits per heavy atom. The zero-order chi connectivity index (χ0) is 19.2. The van der Waals surface area contributed by atoms with Gasteiger partial charge in [0.1, 0.15) is 0 Å². The van der Waals surface area contributed by atoms with Gasteiger partial charge >= 0.3 is 0 Å². The van der Waals surface area contributed by atoms with E-state index in [0.717, 1.165) is 29.9 Å². The smallest absolute Gasteiger partial charge is 0.203 e. The number of hydrogen-bond acceptors (Lipinski definition) is 5. The van der Waals surface area contributed by atoms with Crippen molar-refractivity contribution >= 4 is 51.6 Å². The molecule has 0 radical (unpaired) electrons. The number of halogens is 2. The highest BCUT2D eigenvalue weighted by atomic mass is 35.5. The van der Waals surface area contributed by atoms with E-state index in [1.165, 1.54) is 17.0 Å². The van der Waals surface area contributed by atoms with Crippen LogP contribution in [-0.2, 0) is 0 Å². The Bertz CT molecular complexity index is 918. The molecule has 7 heteroatoms. The molecule has 0 bridgehead atoms. The lowest BCUT2D eigenvalue weighted by Gasteiger charge is -2.20. The van der Waals surface area contributed by atoms with Crippen molar-refractivity contribution in [1.29, 1.82) is 0 Å². The van der Waals surface area contributed by atoms with Gasteiger partial charge in [-0.3, -0.25) is 5.43 Å². The van der Waals surface area contributed by atoms with Crippen molar-refractivity contribution in [2.75, 3.05) is 23.4 Å². The fraction of sp³-hybridized carbons (Fsp3) is 0.200. The van der Waals surface area contributed by atoms with Crippen molar-refractivity contribution in [3.05, 3.63) is 63.5 Å². The van der Waals surface area contributed by atoms with E-state index in [9.17, 15) is 0 Å². The molecule has 0 amide bonds. The van der Waals surface area contributed by atoms with Crippen LogP contribution in [-0.4, -0.2) is 24.3 Å². The van der Waals surface area contributed by atoms with E-state index in [-0.39, 0.29) is 0 Å². The van der Waals surface area contributed by atoms with Crippen LogP contribution >= 0.6 is 34.5 Å². The maximum atomic E-state index is 6.24. The standard InChI is InChI=1S/C20H20Cl2N4S/c1-3-26(4-2)16-8-5-14(6-9-16)12-23-25-20-24-19(13-27-20)17-10-7-15(21)11-18(17)22/h5-13H,3-4H2,1-2H3,(H,24,25)/b23-12-. The van der Waals surface area contributed by atoms with Gasteiger partial charge < -0.3 is 4.90 Å². The van der Waals surface area contributed by atoms with Crippen LogP contribution in [0, 0.1) is 0 Å². The molecule has 0 saturated carbocycles. The molecule has 0 aliphatic heterocycles. The van der Waals surface area contributed by atoms with Crippen molar-refractivity contribution in [2.24, 2.45) is 5.10 Å². The number of anilines is 2. The molecule has 3 aromatic rings. The first-order valence-corrected chi connectivity index (χ1v) is 10.3.